The van der Waals surface area contributed by atoms with Gasteiger partial charge in [0, 0.05) is 11.3 Å². The predicted octanol–water partition coefficient (Wildman–Crippen LogP) is 5.45. The number of hydrogen-bond donors (Lipinski definition) is 1. The van der Waals surface area contributed by atoms with Gasteiger partial charge >= 0.3 is 6.18 Å². The summed E-state index contributed by atoms with van der Waals surface area (Å²) in [5.74, 6) is 0.390. The van der Waals surface area contributed by atoms with Crippen LogP contribution in [0.2, 0.25) is 0 Å². The van der Waals surface area contributed by atoms with E-state index in [1.54, 1.807) is 24.4 Å². The molecule has 0 aliphatic heterocycles. The van der Waals surface area contributed by atoms with E-state index in [1.165, 1.54) is 6.07 Å². The Morgan fingerprint density at radius 2 is 1.63 bits per heavy atom. The van der Waals surface area contributed by atoms with Crippen LogP contribution in [0.1, 0.15) is 5.56 Å². The van der Waals surface area contributed by atoms with Gasteiger partial charge in [-0.25, -0.2) is 9.97 Å². The standard InChI is InChI=1S/C20H13F3N4/c21-20(22,23)14-7-4-8-15(11-14)25-18-10-9-16-19(27-18)26-17(12-24-16)13-5-2-1-3-6-13/h1-12H,(H,25,26,27). The van der Waals surface area contributed by atoms with E-state index in [9.17, 15) is 13.2 Å². The molecule has 0 atom stereocenters. The molecule has 1 N–H and O–H groups in total. The zero-order valence-corrected chi connectivity index (χ0v) is 13.9. The normalized spacial score (nSPS) is 11.5. The Kier molecular flexibility index (Phi) is 4.19. The Bertz CT molecular complexity index is 1100. The van der Waals surface area contributed by atoms with E-state index < -0.39 is 11.7 Å². The van der Waals surface area contributed by atoms with Crippen LogP contribution in [0.4, 0.5) is 24.7 Å². The third kappa shape index (κ3) is 3.72. The van der Waals surface area contributed by atoms with Gasteiger partial charge in [0.05, 0.1) is 17.5 Å². The summed E-state index contributed by atoms with van der Waals surface area (Å²) in [5.41, 5.74) is 2.16. The Hall–Kier alpha value is -3.48. The number of rotatable bonds is 3. The van der Waals surface area contributed by atoms with Gasteiger partial charge in [0.2, 0.25) is 0 Å². The molecular weight excluding hydrogens is 353 g/mol. The van der Waals surface area contributed by atoms with Crippen molar-refractivity contribution in [2.45, 2.75) is 6.18 Å². The first-order valence-corrected chi connectivity index (χ1v) is 8.12. The maximum atomic E-state index is 12.9. The fraction of sp³-hybridized carbons (Fsp3) is 0.0500. The zero-order valence-electron chi connectivity index (χ0n) is 13.9. The lowest BCUT2D eigenvalue weighted by atomic mass is 10.2. The highest BCUT2D eigenvalue weighted by Crippen LogP contribution is 2.31. The second-order valence-electron chi connectivity index (χ2n) is 5.86. The number of fused-ring (bicyclic) bond motifs is 1. The topological polar surface area (TPSA) is 50.7 Å². The van der Waals surface area contributed by atoms with E-state index in [0.29, 0.717) is 28.4 Å². The van der Waals surface area contributed by atoms with E-state index in [1.807, 2.05) is 30.3 Å². The molecule has 0 saturated carbocycles. The van der Waals surface area contributed by atoms with Gasteiger partial charge in [-0.1, -0.05) is 36.4 Å². The number of hydrogen-bond acceptors (Lipinski definition) is 4. The van der Waals surface area contributed by atoms with Gasteiger partial charge in [-0.3, -0.25) is 4.98 Å². The predicted molar refractivity (Wildman–Crippen MR) is 97.5 cm³/mol. The molecule has 27 heavy (non-hydrogen) atoms. The number of nitrogens with zero attached hydrogens (tertiary/aromatic N) is 3. The number of aromatic nitrogens is 3. The highest BCUT2D eigenvalue weighted by molar-refractivity contribution is 5.76. The molecule has 7 heteroatoms. The van der Waals surface area contributed by atoms with Crippen molar-refractivity contribution >= 4 is 22.7 Å². The van der Waals surface area contributed by atoms with Crippen LogP contribution >= 0.6 is 0 Å². The summed E-state index contributed by atoms with van der Waals surface area (Å²) in [6, 6.07) is 17.9. The number of halogens is 3. The molecule has 134 valence electrons. The molecule has 0 aliphatic rings. The Morgan fingerprint density at radius 3 is 2.41 bits per heavy atom. The summed E-state index contributed by atoms with van der Waals surface area (Å²) in [6.45, 7) is 0. The molecule has 0 radical (unpaired) electrons. The summed E-state index contributed by atoms with van der Waals surface area (Å²) in [4.78, 5) is 13.2. The maximum absolute atomic E-state index is 12.9. The van der Waals surface area contributed by atoms with Crippen molar-refractivity contribution in [3.8, 4) is 11.3 Å². The van der Waals surface area contributed by atoms with Crippen molar-refractivity contribution in [2.24, 2.45) is 0 Å². The van der Waals surface area contributed by atoms with Crippen molar-refractivity contribution in [1.29, 1.82) is 0 Å². The van der Waals surface area contributed by atoms with E-state index >= 15 is 0 Å². The summed E-state index contributed by atoms with van der Waals surface area (Å²) < 4.78 is 38.6. The smallest absolute Gasteiger partial charge is 0.340 e. The largest absolute Gasteiger partial charge is 0.416 e. The molecule has 0 saturated heterocycles. The quantitative estimate of drug-likeness (QED) is 0.523. The number of benzene rings is 2. The number of anilines is 2. The molecular formula is C20H13F3N4. The van der Waals surface area contributed by atoms with E-state index in [-0.39, 0.29) is 0 Å². The molecule has 2 aromatic heterocycles. The minimum Gasteiger partial charge on any atom is -0.340 e. The van der Waals surface area contributed by atoms with Crippen LogP contribution in [0.5, 0.6) is 0 Å². The molecule has 2 aromatic carbocycles. The molecule has 0 aliphatic carbocycles. The Balaban J connectivity index is 1.67. The van der Waals surface area contributed by atoms with Gasteiger partial charge in [-0.05, 0) is 30.3 Å². The molecule has 4 aromatic rings. The maximum Gasteiger partial charge on any atom is 0.416 e. The molecule has 4 rings (SSSR count). The van der Waals surface area contributed by atoms with Crippen LogP contribution in [0.15, 0.2) is 72.9 Å². The molecule has 2 heterocycles. The summed E-state index contributed by atoms with van der Waals surface area (Å²) in [6.07, 6.45) is -2.73. The summed E-state index contributed by atoms with van der Waals surface area (Å²) in [7, 11) is 0. The highest BCUT2D eigenvalue weighted by Gasteiger charge is 2.30. The van der Waals surface area contributed by atoms with Crippen molar-refractivity contribution in [2.75, 3.05) is 5.32 Å². The van der Waals surface area contributed by atoms with E-state index in [0.717, 1.165) is 17.7 Å². The summed E-state index contributed by atoms with van der Waals surface area (Å²) >= 11 is 0. The molecule has 0 amide bonds. The van der Waals surface area contributed by atoms with Crippen LogP contribution in [0.3, 0.4) is 0 Å². The number of alkyl halides is 3. The second-order valence-corrected chi connectivity index (χ2v) is 5.86. The van der Waals surface area contributed by atoms with Crippen molar-refractivity contribution < 1.29 is 13.2 Å². The van der Waals surface area contributed by atoms with E-state index in [2.05, 4.69) is 20.3 Å². The number of pyridine rings is 1. The SMILES string of the molecule is FC(F)(F)c1cccc(Nc2ccc3ncc(-c4ccccc4)nc3n2)c1. The highest BCUT2D eigenvalue weighted by atomic mass is 19.4. The van der Waals surface area contributed by atoms with Crippen LogP contribution in [0, 0.1) is 0 Å². The fourth-order valence-electron chi connectivity index (χ4n) is 2.64. The minimum absolute atomic E-state index is 0.295. The Morgan fingerprint density at radius 1 is 0.815 bits per heavy atom. The third-order valence-corrected chi connectivity index (χ3v) is 3.94. The molecule has 4 nitrogen and oxygen atoms in total. The lowest BCUT2D eigenvalue weighted by molar-refractivity contribution is -0.137. The van der Waals surface area contributed by atoms with Crippen LogP contribution in [0.25, 0.3) is 22.4 Å². The van der Waals surface area contributed by atoms with Crippen molar-refractivity contribution in [1.82, 2.24) is 15.0 Å². The van der Waals surface area contributed by atoms with Gasteiger partial charge in [-0.15, -0.1) is 0 Å². The average molecular weight is 366 g/mol. The van der Waals surface area contributed by atoms with Crippen LogP contribution in [-0.2, 0) is 6.18 Å². The van der Waals surface area contributed by atoms with Gasteiger partial charge in [-0.2, -0.15) is 13.2 Å². The summed E-state index contributed by atoms with van der Waals surface area (Å²) in [5, 5.41) is 2.89. The second kappa shape index (κ2) is 6.68. The first-order valence-electron chi connectivity index (χ1n) is 8.12. The van der Waals surface area contributed by atoms with Gasteiger partial charge in [0.25, 0.3) is 0 Å². The van der Waals surface area contributed by atoms with Crippen molar-refractivity contribution in [3.05, 3.63) is 78.5 Å². The monoisotopic (exact) mass is 366 g/mol. The minimum atomic E-state index is -4.40. The van der Waals surface area contributed by atoms with Gasteiger partial charge in [0.15, 0.2) is 5.65 Å². The van der Waals surface area contributed by atoms with Gasteiger partial charge < -0.3 is 5.32 Å². The fourth-order valence-corrected chi connectivity index (χ4v) is 2.64. The first kappa shape index (κ1) is 17.0. The van der Waals surface area contributed by atoms with E-state index in [4.69, 9.17) is 0 Å². The van der Waals surface area contributed by atoms with Crippen LogP contribution < -0.4 is 5.32 Å². The number of nitrogens with one attached hydrogen (secondary N) is 1. The molecule has 0 bridgehead atoms. The van der Waals surface area contributed by atoms with Gasteiger partial charge in [0.1, 0.15) is 11.3 Å². The lowest BCUT2D eigenvalue weighted by Crippen LogP contribution is -2.05. The lowest BCUT2D eigenvalue weighted by Gasteiger charge is -2.10. The first-order chi connectivity index (χ1) is 13.0. The van der Waals surface area contributed by atoms with Crippen LogP contribution in [-0.4, -0.2) is 15.0 Å². The average Bonchev–Trinajstić information content (AvgIpc) is 2.68. The molecule has 0 spiro atoms. The van der Waals surface area contributed by atoms with Crippen molar-refractivity contribution in [3.63, 3.8) is 0 Å². The zero-order chi connectivity index (χ0) is 18.9. The molecule has 0 fully saturated rings. The Labute approximate surface area is 152 Å². The molecule has 0 unspecified atom stereocenters. The third-order valence-electron chi connectivity index (χ3n) is 3.94.